The molecule has 1 aliphatic heterocycles. The summed E-state index contributed by atoms with van der Waals surface area (Å²) in [6.07, 6.45) is 3.61. The van der Waals surface area contributed by atoms with Crippen molar-refractivity contribution in [1.82, 2.24) is 5.32 Å². The highest BCUT2D eigenvalue weighted by Crippen LogP contribution is 2.31. The molecule has 3 aromatic rings. The molecule has 0 bridgehead atoms. The van der Waals surface area contributed by atoms with E-state index >= 15 is 0 Å². The molecule has 0 saturated carbocycles. The number of piperazine rings is 1. The lowest BCUT2D eigenvalue weighted by Gasteiger charge is -2.38. The molecule has 3 aromatic carbocycles. The predicted octanol–water partition coefficient (Wildman–Crippen LogP) is 4.74. The molecule has 1 fully saturated rings. The quantitative estimate of drug-likeness (QED) is 0.127. The predicted molar refractivity (Wildman–Crippen MR) is 168 cm³/mol. The average molecular weight is 588 g/mol. The van der Waals surface area contributed by atoms with E-state index in [-0.39, 0.29) is 17.5 Å². The van der Waals surface area contributed by atoms with Crippen molar-refractivity contribution in [2.45, 2.75) is 13.3 Å². The van der Waals surface area contributed by atoms with Gasteiger partial charge in [-0.3, -0.25) is 19.7 Å². The number of amides is 2. The summed E-state index contributed by atoms with van der Waals surface area (Å²) in [7, 11) is 1.67. The fourth-order valence-electron chi connectivity index (χ4n) is 4.83. The van der Waals surface area contributed by atoms with Gasteiger partial charge in [-0.1, -0.05) is 12.1 Å². The van der Waals surface area contributed by atoms with Crippen molar-refractivity contribution in [2.75, 3.05) is 68.2 Å². The number of hydrogen-bond acceptors (Lipinski definition) is 8. The second-order valence-electron chi connectivity index (χ2n) is 9.86. The Kier molecular flexibility index (Phi) is 11.1. The number of anilines is 3. The third-order valence-electron chi connectivity index (χ3n) is 7.04. The number of ether oxygens (including phenoxy) is 2. The van der Waals surface area contributed by atoms with Gasteiger partial charge in [0.25, 0.3) is 11.6 Å². The van der Waals surface area contributed by atoms with Crippen molar-refractivity contribution in [2.24, 2.45) is 0 Å². The normalized spacial score (nSPS) is 13.2. The maximum atomic E-state index is 13.4. The fourth-order valence-corrected chi connectivity index (χ4v) is 4.83. The Hall–Kier alpha value is -4.90. The van der Waals surface area contributed by atoms with Crippen molar-refractivity contribution in [3.8, 4) is 5.75 Å². The zero-order chi connectivity index (χ0) is 30.6. The van der Waals surface area contributed by atoms with E-state index < -0.39 is 4.92 Å². The zero-order valence-corrected chi connectivity index (χ0v) is 24.5. The van der Waals surface area contributed by atoms with Gasteiger partial charge in [0.1, 0.15) is 5.75 Å². The van der Waals surface area contributed by atoms with Crippen molar-refractivity contribution >= 4 is 40.6 Å². The lowest BCUT2D eigenvalue weighted by molar-refractivity contribution is -0.384. The molecule has 226 valence electrons. The van der Waals surface area contributed by atoms with Gasteiger partial charge in [-0.2, -0.15) is 0 Å². The summed E-state index contributed by atoms with van der Waals surface area (Å²) in [5, 5.41) is 16.7. The topological polar surface area (TPSA) is 126 Å². The lowest BCUT2D eigenvalue weighted by Crippen LogP contribution is -2.47. The average Bonchev–Trinajstić information content (AvgIpc) is 3.04. The number of nitrogens with one attached hydrogen (secondary N) is 2. The summed E-state index contributed by atoms with van der Waals surface area (Å²) in [5.74, 6) is 0.210. The van der Waals surface area contributed by atoms with Crippen LogP contribution in [-0.2, 0) is 9.53 Å². The van der Waals surface area contributed by atoms with Crippen LogP contribution in [-0.4, -0.2) is 69.8 Å². The van der Waals surface area contributed by atoms with E-state index in [2.05, 4.69) is 20.4 Å². The minimum atomic E-state index is -0.475. The van der Waals surface area contributed by atoms with Crippen LogP contribution in [0, 0.1) is 10.1 Å². The Labute approximate surface area is 251 Å². The number of nitro groups is 1. The summed E-state index contributed by atoms with van der Waals surface area (Å²) in [6.45, 7) is 6.49. The molecule has 43 heavy (non-hydrogen) atoms. The van der Waals surface area contributed by atoms with E-state index in [9.17, 15) is 19.7 Å². The number of methoxy groups -OCH3 is 1. The molecular formula is C32H37N5O6. The second kappa shape index (κ2) is 15.4. The van der Waals surface area contributed by atoms with E-state index in [1.807, 2.05) is 37.3 Å². The van der Waals surface area contributed by atoms with Crippen LogP contribution in [0.2, 0.25) is 0 Å². The van der Waals surface area contributed by atoms with Gasteiger partial charge in [0.05, 0.1) is 23.3 Å². The van der Waals surface area contributed by atoms with Crippen molar-refractivity contribution in [1.29, 1.82) is 0 Å². The first-order valence-electron chi connectivity index (χ1n) is 14.3. The van der Waals surface area contributed by atoms with Crippen LogP contribution in [0.15, 0.2) is 72.8 Å². The largest absolute Gasteiger partial charge is 0.495 e. The minimum absolute atomic E-state index is 0.0217. The number of rotatable bonds is 13. The molecule has 1 heterocycles. The van der Waals surface area contributed by atoms with E-state index in [1.54, 1.807) is 37.5 Å². The number of nitrogens with zero attached hydrogens (tertiary/aromatic N) is 3. The van der Waals surface area contributed by atoms with Gasteiger partial charge in [0, 0.05) is 75.5 Å². The van der Waals surface area contributed by atoms with Gasteiger partial charge in [-0.15, -0.1) is 0 Å². The van der Waals surface area contributed by atoms with E-state index in [1.165, 1.54) is 18.2 Å². The molecule has 11 heteroatoms. The Morgan fingerprint density at radius 1 is 0.977 bits per heavy atom. The molecule has 0 unspecified atom stereocenters. The van der Waals surface area contributed by atoms with Gasteiger partial charge in [0.15, 0.2) is 0 Å². The molecule has 0 aliphatic carbocycles. The summed E-state index contributed by atoms with van der Waals surface area (Å²) in [4.78, 5) is 40.9. The van der Waals surface area contributed by atoms with Crippen LogP contribution < -0.4 is 25.2 Å². The van der Waals surface area contributed by atoms with E-state index in [0.717, 1.165) is 30.2 Å². The first-order chi connectivity index (χ1) is 20.9. The third kappa shape index (κ3) is 8.55. The molecule has 0 radical (unpaired) electrons. The molecule has 11 nitrogen and oxygen atoms in total. The highest BCUT2D eigenvalue weighted by molar-refractivity contribution is 6.05. The van der Waals surface area contributed by atoms with Crippen molar-refractivity contribution in [3.63, 3.8) is 0 Å². The molecule has 2 amide bonds. The minimum Gasteiger partial charge on any atom is -0.495 e. The lowest BCUT2D eigenvalue weighted by atomic mass is 10.1. The fraction of sp³-hybridized carbons (Fsp3) is 0.312. The van der Waals surface area contributed by atoms with Gasteiger partial charge in [0.2, 0.25) is 5.91 Å². The van der Waals surface area contributed by atoms with Crippen LogP contribution in [0.1, 0.15) is 29.3 Å². The first kappa shape index (κ1) is 31.0. The number of carbonyl (C=O) groups excluding carboxylic acids is 2. The Morgan fingerprint density at radius 3 is 2.35 bits per heavy atom. The highest BCUT2D eigenvalue weighted by atomic mass is 16.6. The Balaban J connectivity index is 1.47. The number of carbonyl (C=O) groups is 2. The van der Waals surface area contributed by atoms with Gasteiger partial charge in [-0.25, -0.2) is 0 Å². The van der Waals surface area contributed by atoms with Gasteiger partial charge < -0.3 is 29.9 Å². The second-order valence-corrected chi connectivity index (χ2v) is 9.86. The maximum Gasteiger partial charge on any atom is 0.269 e. The summed E-state index contributed by atoms with van der Waals surface area (Å²) in [5.41, 5.74) is 3.41. The third-order valence-corrected chi connectivity index (χ3v) is 7.04. The van der Waals surface area contributed by atoms with Crippen LogP contribution in [0.5, 0.6) is 5.75 Å². The van der Waals surface area contributed by atoms with Crippen molar-refractivity contribution in [3.05, 3.63) is 94.0 Å². The van der Waals surface area contributed by atoms with Crippen LogP contribution in [0.3, 0.4) is 0 Å². The van der Waals surface area contributed by atoms with Crippen LogP contribution in [0.25, 0.3) is 6.08 Å². The first-order valence-corrected chi connectivity index (χ1v) is 14.3. The van der Waals surface area contributed by atoms with Crippen LogP contribution in [0.4, 0.5) is 22.7 Å². The highest BCUT2D eigenvalue weighted by Gasteiger charge is 2.23. The van der Waals surface area contributed by atoms with Crippen LogP contribution >= 0.6 is 0 Å². The molecule has 0 spiro atoms. The summed E-state index contributed by atoms with van der Waals surface area (Å²) < 4.78 is 10.9. The number of para-hydroxylation sites is 2. The van der Waals surface area contributed by atoms with Crippen molar-refractivity contribution < 1.29 is 24.0 Å². The molecule has 1 saturated heterocycles. The Bertz CT molecular complexity index is 1430. The SMILES string of the molecule is CCOCCCNC(=O)c1cc(NC(=O)/C=C/c2ccc([N+](=O)[O-])cc2)ccc1N1CCN(c2ccccc2OC)CC1. The van der Waals surface area contributed by atoms with E-state index in [0.29, 0.717) is 56.1 Å². The molecule has 2 N–H and O–H groups in total. The molecular weight excluding hydrogens is 550 g/mol. The van der Waals surface area contributed by atoms with E-state index in [4.69, 9.17) is 9.47 Å². The number of hydrogen-bond donors (Lipinski definition) is 2. The molecule has 1 aliphatic rings. The standard InChI is InChI=1S/C32H37N5O6/c1-3-43-22-6-17-33-32(39)27-23-25(34-31(38)16-11-24-9-13-26(14-10-24)37(40)41)12-15-28(27)35-18-20-36(21-19-35)29-7-4-5-8-30(29)42-2/h4-5,7-16,23H,3,6,17-22H2,1-2H3,(H,33,39)(H,34,38)/b16-11+. The van der Waals surface area contributed by atoms with Gasteiger partial charge >= 0.3 is 0 Å². The zero-order valence-electron chi connectivity index (χ0n) is 24.5. The smallest absolute Gasteiger partial charge is 0.269 e. The summed E-state index contributed by atoms with van der Waals surface area (Å²) in [6, 6.07) is 19.2. The number of nitro benzene ring substituents is 1. The monoisotopic (exact) mass is 587 g/mol. The van der Waals surface area contributed by atoms with Gasteiger partial charge in [-0.05, 0) is 67.4 Å². The molecule has 0 aromatic heterocycles. The number of non-ortho nitro benzene ring substituents is 1. The Morgan fingerprint density at radius 2 is 1.67 bits per heavy atom. The number of benzene rings is 3. The molecule has 0 atom stereocenters. The maximum absolute atomic E-state index is 13.4. The molecule has 4 rings (SSSR count). The summed E-state index contributed by atoms with van der Waals surface area (Å²) >= 11 is 0.